The van der Waals surface area contributed by atoms with Crippen molar-refractivity contribution >= 4 is 17.4 Å². The SMILES string of the molecule is C=CCN(C)CC=CCOc1ccc2c(c1)CCCN2C(=O)Nc1ccc(F)c(C(F)(F)F)c1. The van der Waals surface area contributed by atoms with E-state index in [9.17, 15) is 22.4 Å². The van der Waals surface area contributed by atoms with Crippen LogP contribution in [0.4, 0.5) is 33.7 Å². The molecule has 34 heavy (non-hydrogen) atoms. The van der Waals surface area contributed by atoms with Crippen molar-refractivity contribution in [3.8, 4) is 5.75 Å². The van der Waals surface area contributed by atoms with E-state index in [1.54, 1.807) is 12.1 Å². The van der Waals surface area contributed by atoms with Crippen LogP contribution < -0.4 is 15.0 Å². The number of ether oxygens (including phenoxy) is 1. The third-order valence-corrected chi connectivity index (χ3v) is 5.31. The lowest BCUT2D eigenvalue weighted by atomic mass is 10.0. The summed E-state index contributed by atoms with van der Waals surface area (Å²) in [6.07, 6.45) is 2.35. The molecule has 0 radical (unpaired) electrons. The van der Waals surface area contributed by atoms with E-state index in [1.807, 2.05) is 31.3 Å². The first-order chi connectivity index (χ1) is 16.2. The molecule has 2 aromatic carbocycles. The van der Waals surface area contributed by atoms with Gasteiger partial charge in [0, 0.05) is 31.0 Å². The Morgan fingerprint density at radius 3 is 2.74 bits per heavy atom. The second kappa shape index (κ2) is 11.2. The summed E-state index contributed by atoms with van der Waals surface area (Å²) in [7, 11) is 1.99. The first-order valence-electron chi connectivity index (χ1n) is 10.8. The Kier molecular flexibility index (Phi) is 8.33. The Morgan fingerprint density at radius 1 is 1.21 bits per heavy atom. The number of carbonyl (C=O) groups is 1. The molecule has 0 aliphatic carbocycles. The van der Waals surface area contributed by atoms with E-state index in [2.05, 4.69) is 16.8 Å². The molecule has 1 heterocycles. The Hall–Kier alpha value is -3.33. The number of rotatable bonds is 8. The molecule has 2 aromatic rings. The number of aryl methyl sites for hydroxylation is 1. The molecule has 5 nitrogen and oxygen atoms in total. The van der Waals surface area contributed by atoms with Crippen LogP contribution in [0, 0.1) is 5.82 Å². The van der Waals surface area contributed by atoms with Gasteiger partial charge in [0.2, 0.25) is 0 Å². The first kappa shape index (κ1) is 25.3. The summed E-state index contributed by atoms with van der Waals surface area (Å²) in [5.41, 5.74) is 0.0170. The van der Waals surface area contributed by atoms with Crippen molar-refractivity contribution in [3.05, 3.63) is 78.1 Å². The van der Waals surface area contributed by atoms with Gasteiger partial charge in [-0.25, -0.2) is 9.18 Å². The number of hydrogen-bond donors (Lipinski definition) is 1. The molecule has 1 aliphatic rings. The summed E-state index contributed by atoms with van der Waals surface area (Å²) in [6, 6.07) is 7.19. The van der Waals surface area contributed by atoms with Gasteiger partial charge in [-0.2, -0.15) is 13.2 Å². The quantitative estimate of drug-likeness (QED) is 0.381. The normalized spacial score (nSPS) is 13.8. The van der Waals surface area contributed by atoms with E-state index in [1.165, 1.54) is 4.90 Å². The largest absolute Gasteiger partial charge is 0.490 e. The number of alkyl halides is 3. The van der Waals surface area contributed by atoms with E-state index in [-0.39, 0.29) is 5.69 Å². The highest BCUT2D eigenvalue weighted by molar-refractivity contribution is 6.02. The minimum absolute atomic E-state index is 0.128. The number of nitrogens with one attached hydrogen (secondary N) is 1. The van der Waals surface area contributed by atoms with Gasteiger partial charge in [0.25, 0.3) is 0 Å². The van der Waals surface area contributed by atoms with Gasteiger partial charge >= 0.3 is 12.2 Å². The summed E-state index contributed by atoms with van der Waals surface area (Å²) in [5, 5.41) is 2.44. The third kappa shape index (κ3) is 6.60. The molecular weight excluding hydrogens is 450 g/mol. The molecule has 0 saturated heterocycles. The lowest BCUT2D eigenvalue weighted by Gasteiger charge is -2.30. The fourth-order valence-electron chi connectivity index (χ4n) is 3.65. The predicted molar refractivity (Wildman–Crippen MR) is 125 cm³/mol. The standard InChI is InChI=1S/C25H27F4N3O2/c1-3-12-31(2)13-4-5-15-34-20-9-11-23-18(16-20)7-6-14-32(23)24(33)30-19-8-10-22(26)21(17-19)25(27,28)29/h3-5,8-11,16-17H,1,6-7,12-15H2,2H3,(H,30,33). The Balaban J connectivity index is 1.64. The zero-order chi connectivity index (χ0) is 24.7. The van der Waals surface area contributed by atoms with E-state index in [4.69, 9.17) is 4.74 Å². The fraction of sp³-hybridized carbons (Fsp3) is 0.320. The van der Waals surface area contributed by atoms with Gasteiger partial charge in [-0.3, -0.25) is 9.80 Å². The predicted octanol–water partition coefficient (Wildman–Crippen LogP) is 5.88. The van der Waals surface area contributed by atoms with Gasteiger partial charge in [-0.1, -0.05) is 18.2 Å². The van der Waals surface area contributed by atoms with Gasteiger partial charge in [0.1, 0.15) is 18.2 Å². The molecule has 182 valence electrons. The molecule has 0 fully saturated rings. The monoisotopic (exact) mass is 477 g/mol. The lowest BCUT2D eigenvalue weighted by molar-refractivity contribution is -0.139. The molecule has 0 saturated carbocycles. The molecule has 0 spiro atoms. The minimum atomic E-state index is -4.85. The second-order valence-corrected chi connectivity index (χ2v) is 7.96. The number of amides is 2. The Labute approximate surface area is 196 Å². The van der Waals surface area contributed by atoms with Gasteiger partial charge in [0.05, 0.1) is 5.56 Å². The van der Waals surface area contributed by atoms with Crippen LogP contribution in [-0.4, -0.2) is 44.2 Å². The topological polar surface area (TPSA) is 44.8 Å². The Morgan fingerprint density at radius 2 is 2.00 bits per heavy atom. The fourth-order valence-corrected chi connectivity index (χ4v) is 3.65. The summed E-state index contributed by atoms with van der Waals surface area (Å²) < 4.78 is 58.2. The number of urea groups is 1. The zero-order valence-electron chi connectivity index (χ0n) is 18.9. The number of likely N-dealkylation sites (N-methyl/N-ethyl adjacent to an activating group) is 1. The summed E-state index contributed by atoms with van der Waals surface area (Å²) >= 11 is 0. The molecule has 1 N–H and O–H groups in total. The maximum atomic E-state index is 13.5. The van der Waals surface area contributed by atoms with Gasteiger partial charge in [-0.15, -0.1) is 6.58 Å². The van der Waals surface area contributed by atoms with Gasteiger partial charge < -0.3 is 10.1 Å². The van der Waals surface area contributed by atoms with Crippen LogP contribution in [0.3, 0.4) is 0 Å². The maximum Gasteiger partial charge on any atom is 0.419 e. The molecule has 2 amide bonds. The van der Waals surface area contributed by atoms with Gasteiger partial charge in [0.15, 0.2) is 0 Å². The molecule has 0 unspecified atom stereocenters. The second-order valence-electron chi connectivity index (χ2n) is 7.96. The van der Waals surface area contributed by atoms with Crippen molar-refractivity contribution in [3.63, 3.8) is 0 Å². The Bertz CT molecular complexity index is 1050. The van der Waals surface area contributed by atoms with Crippen molar-refractivity contribution in [2.75, 3.05) is 43.5 Å². The highest BCUT2D eigenvalue weighted by atomic mass is 19.4. The molecule has 0 aromatic heterocycles. The van der Waals surface area contributed by atoms with Crippen LogP contribution in [0.1, 0.15) is 17.5 Å². The van der Waals surface area contributed by atoms with Crippen LogP contribution >= 0.6 is 0 Å². The minimum Gasteiger partial charge on any atom is -0.490 e. The first-order valence-corrected chi connectivity index (χ1v) is 10.8. The number of hydrogen-bond acceptors (Lipinski definition) is 3. The number of carbonyl (C=O) groups excluding carboxylic acids is 1. The number of anilines is 2. The summed E-state index contributed by atoms with van der Waals surface area (Å²) in [4.78, 5) is 16.4. The average Bonchev–Trinajstić information content (AvgIpc) is 2.79. The van der Waals surface area contributed by atoms with Crippen LogP contribution in [-0.2, 0) is 12.6 Å². The van der Waals surface area contributed by atoms with E-state index in [0.29, 0.717) is 43.1 Å². The van der Waals surface area contributed by atoms with Crippen molar-refractivity contribution < 1.29 is 27.1 Å². The van der Waals surface area contributed by atoms with Crippen LogP contribution in [0.25, 0.3) is 0 Å². The van der Waals surface area contributed by atoms with Gasteiger partial charge in [-0.05, 0) is 61.9 Å². The third-order valence-electron chi connectivity index (χ3n) is 5.31. The molecule has 1 aliphatic heterocycles. The number of nitrogens with zero attached hydrogens (tertiary/aromatic N) is 2. The lowest BCUT2D eigenvalue weighted by Crippen LogP contribution is -2.38. The van der Waals surface area contributed by atoms with Crippen molar-refractivity contribution in [1.29, 1.82) is 0 Å². The number of fused-ring (bicyclic) bond motifs is 1. The van der Waals surface area contributed by atoms with Crippen molar-refractivity contribution in [1.82, 2.24) is 4.90 Å². The smallest absolute Gasteiger partial charge is 0.419 e. The zero-order valence-corrected chi connectivity index (χ0v) is 18.9. The van der Waals surface area contributed by atoms with Crippen LogP contribution in [0.2, 0.25) is 0 Å². The molecular formula is C25H27F4N3O2. The van der Waals surface area contributed by atoms with E-state index >= 15 is 0 Å². The average molecular weight is 478 g/mol. The van der Waals surface area contributed by atoms with Crippen molar-refractivity contribution in [2.45, 2.75) is 19.0 Å². The number of halogens is 4. The highest BCUT2D eigenvalue weighted by Gasteiger charge is 2.34. The highest BCUT2D eigenvalue weighted by Crippen LogP contribution is 2.34. The molecule has 3 rings (SSSR count). The number of benzene rings is 2. The van der Waals surface area contributed by atoms with Crippen molar-refractivity contribution in [2.24, 2.45) is 0 Å². The van der Waals surface area contributed by atoms with Crippen LogP contribution in [0.5, 0.6) is 5.75 Å². The van der Waals surface area contributed by atoms with Crippen LogP contribution in [0.15, 0.2) is 61.2 Å². The molecule has 0 bridgehead atoms. The van der Waals surface area contributed by atoms with E-state index in [0.717, 1.165) is 31.1 Å². The summed E-state index contributed by atoms with van der Waals surface area (Å²) in [5.74, 6) is -0.724. The summed E-state index contributed by atoms with van der Waals surface area (Å²) in [6.45, 7) is 6.08. The van der Waals surface area contributed by atoms with E-state index < -0.39 is 23.6 Å². The molecule has 0 atom stereocenters. The maximum absolute atomic E-state index is 13.5. The molecule has 9 heteroatoms.